The molecule has 0 aliphatic heterocycles. The van der Waals surface area contributed by atoms with Crippen LogP contribution < -0.4 is 17.0 Å². The minimum atomic E-state index is 0. The quantitative estimate of drug-likeness (QED) is 0.459. The standard InChI is InChI=1S/C29H34N.BrH/c1-30(2,22-10-14-24-12-4-3-5-13-24)23-11-19-29-27-17-8-6-15-25(27)20-21-26-16-7-9-18-28(26)29;/h3-9,12-13,15-19H,10-11,14,20-23H2,1-2H3;1H/q+1;/p-1. The van der Waals surface area contributed by atoms with E-state index in [0.717, 1.165) is 23.7 Å². The Kier molecular flexibility index (Phi) is 8.28. The van der Waals surface area contributed by atoms with Crippen molar-refractivity contribution in [1.29, 1.82) is 0 Å². The number of nitrogens with zero attached hydrogens (tertiary/aromatic N) is 1. The fraction of sp³-hybridized carbons (Fsp3) is 0.310. The third kappa shape index (κ3) is 6.18. The van der Waals surface area contributed by atoms with Gasteiger partial charge in [0.25, 0.3) is 0 Å². The Bertz CT molecular complexity index is 955. The van der Waals surface area contributed by atoms with Gasteiger partial charge >= 0.3 is 0 Å². The van der Waals surface area contributed by atoms with E-state index in [1.165, 1.54) is 59.3 Å². The van der Waals surface area contributed by atoms with Crippen LogP contribution in [0.3, 0.4) is 0 Å². The molecule has 0 spiro atoms. The van der Waals surface area contributed by atoms with Crippen molar-refractivity contribution in [3.8, 4) is 0 Å². The normalized spacial score (nSPS) is 12.9. The van der Waals surface area contributed by atoms with E-state index in [2.05, 4.69) is 99.0 Å². The van der Waals surface area contributed by atoms with E-state index in [0.29, 0.717) is 0 Å². The molecule has 31 heavy (non-hydrogen) atoms. The van der Waals surface area contributed by atoms with Crippen LogP contribution in [0.2, 0.25) is 0 Å². The van der Waals surface area contributed by atoms with Crippen molar-refractivity contribution in [1.82, 2.24) is 0 Å². The van der Waals surface area contributed by atoms with Crippen molar-refractivity contribution in [3.63, 3.8) is 0 Å². The molecule has 3 aromatic carbocycles. The molecule has 0 bridgehead atoms. The minimum absolute atomic E-state index is 0. The van der Waals surface area contributed by atoms with Gasteiger partial charge in [-0.25, -0.2) is 0 Å². The maximum absolute atomic E-state index is 2.50. The highest BCUT2D eigenvalue weighted by atomic mass is 79.9. The van der Waals surface area contributed by atoms with Gasteiger partial charge in [0.05, 0.1) is 27.2 Å². The highest BCUT2D eigenvalue weighted by Gasteiger charge is 2.18. The van der Waals surface area contributed by atoms with Gasteiger partial charge in [-0.2, -0.15) is 0 Å². The molecule has 0 saturated carbocycles. The summed E-state index contributed by atoms with van der Waals surface area (Å²) in [7, 11) is 4.75. The lowest BCUT2D eigenvalue weighted by Crippen LogP contribution is -3.00. The molecule has 0 N–H and O–H groups in total. The number of hydrogen-bond acceptors (Lipinski definition) is 0. The molecule has 0 unspecified atom stereocenters. The molecule has 1 aliphatic carbocycles. The molecule has 0 amide bonds. The van der Waals surface area contributed by atoms with Crippen molar-refractivity contribution < 1.29 is 21.5 Å². The zero-order valence-electron chi connectivity index (χ0n) is 18.9. The first-order valence-electron chi connectivity index (χ1n) is 11.3. The Balaban J connectivity index is 0.00000272. The first-order valence-corrected chi connectivity index (χ1v) is 11.3. The molecule has 1 nitrogen and oxygen atoms in total. The Hall–Kier alpha value is -2.16. The SMILES string of the molecule is C[N+](C)(CCC=C1c2ccccc2CCc2ccccc21)CCCc1ccccc1.[Br-]. The molecule has 2 heteroatoms. The average molecular weight is 477 g/mol. The van der Waals surface area contributed by atoms with Crippen LogP contribution in [0.25, 0.3) is 5.57 Å². The minimum Gasteiger partial charge on any atom is -1.00 e. The van der Waals surface area contributed by atoms with Crippen molar-refractivity contribution >= 4 is 5.57 Å². The summed E-state index contributed by atoms with van der Waals surface area (Å²) in [6, 6.07) is 28.8. The number of rotatable bonds is 7. The number of fused-ring (bicyclic) bond motifs is 2. The summed E-state index contributed by atoms with van der Waals surface area (Å²) in [5, 5.41) is 0. The van der Waals surface area contributed by atoms with Gasteiger partial charge in [-0.1, -0.05) is 84.9 Å². The Morgan fingerprint density at radius 3 is 1.87 bits per heavy atom. The fourth-order valence-corrected chi connectivity index (χ4v) is 4.66. The largest absolute Gasteiger partial charge is 1.00 e. The van der Waals surface area contributed by atoms with Crippen LogP contribution >= 0.6 is 0 Å². The molecule has 0 radical (unpaired) electrons. The maximum Gasteiger partial charge on any atom is 0.0817 e. The molecule has 1 aliphatic rings. The molecular formula is C29H34BrN. The lowest BCUT2D eigenvalue weighted by atomic mass is 9.93. The highest BCUT2D eigenvalue weighted by molar-refractivity contribution is 5.83. The van der Waals surface area contributed by atoms with Crippen molar-refractivity contribution in [2.45, 2.75) is 32.1 Å². The summed E-state index contributed by atoms with van der Waals surface area (Å²) < 4.78 is 1.07. The van der Waals surface area contributed by atoms with E-state index >= 15 is 0 Å². The maximum atomic E-state index is 2.50. The van der Waals surface area contributed by atoms with Gasteiger partial charge in [-0.3, -0.25) is 0 Å². The lowest BCUT2D eigenvalue weighted by Gasteiger charge is -2.29. The molecule has 162 valence electrons. The number of aryl methyl sites for hydroxylation is 3. The van der Waals surface area contributed by atoms with E-state index in [9.17, 15) is 0 Å². The van der Waals surface area contributed by atoms with Crippen LogP contribution in [0.1, 0.15) is 40.7 Å². The van der Waals surface area contributed by atoms with Gasteiger partial charge in [-0.05, 0) is 52.7 Å². The molecule has 0 atom stereocenters. The first-order chi connectivity index (χ1) is 14.6. The van der Waals surface area contributed by atoms with Gasteiger partial charge in [0.2, 0.25) is 0 Å². The van der Waals surface area contributed by atoms with Gasteiger partial charge in [0.15, 0.2) is 0 Å². The summed E-state index contributed by atoms with van der Waals surface area (Å²) in [6.07, 6.45) is 8.28. The number of hydrogen-bond donors (Lipinski definition) is 0. The number of quaternary nitrogens is 1. The second-order valence-electron chi connectivity index (χ2n) is 9.19. The van der Waals surface area contributed by atoms with Crippen molar-refractivity contribution in [2.24, 2.45) is 0 Å². The highest BCUT2D eigenvalue weighted by Crippen LogP contribution is 2.33. The topological polar surface area (TPSA) is 0 Å². The van der Waals surface area contributed by atoms with Crippen LogP contribution in [-0.4, -0.2) is 31.7 Å². The molecule has 0 aromatic heterocycles. The predicted octanol–water partition coefficient (Wildman–Crippen LogP) is 3.32. The van der Waals surface area contributed by atoms with E-state index in [1.807, 2.05) is 0 Å². The fourth-order valence-electron chi connectivity index (χ4n) is 4.66. The van der Waals surface area contributed by atoms with Crippen LogP contribution in [-0.2, 0) is 19.3 Å². The van der Waals surface area contributed by atoms with Gasteiger partial charge in [0, 0.05) is 12.8 Å². The first kappa shape index (κ1) is 23.5. The van der Waals surface area contributed by atoms with Crippen LogP contribution in [0, 0.1) is 0 Å². The number of halogens is 1. The summed E-state index contributed by atoms with van der Waals surface area (Å²) in [5.74, 6) is 0. The zero-order valence-corrected chi connectivity index (χ0v) is 20.4. The molecule has 0 heterocycles. The van der Waals surface area contributed by atoms with Gasteiger partial charge < -0.3 is 21.5 Å². The smallest absolute Gasteiger partial charge is 0.0817 e. The van der Waals surface area contributed by atoms with E-state index in [4.69, 9.17) is 0 Å². The number of benzene rings is 3. The molecule has 0 fully saturated rings. The van der Waals surface area contributed by atoms with Crippen molar-refractivity contribution in [3.05, 3.63) is 113 Å². The second kappa shape index (κ2) is 10.9. The molecular weight excluding hydrogens is 442 g/mol. The lowest BCUT2D eigenvalue weighted by molar-refractivity contribution is -0.890. The second-order valence-corrected chi connectivity index (χ2v) is 9.19. The van der Waals surface area contributed by atoms with E-state index in [1.54, 1.807) is 0 Å². The Labute approximate surface area is 198 Å². The Morgan fingerprint density at radius 2 is 1.26 bits per heavy atom. The van der Waals surface area contributed by atoms with Gasteiger partial charge in [0.1, 0.15) is 0 Å². The third-order valence-electron chi connectivity index (χ3n) is 6.43. The molecule has 0 saturated heterocycles. The summed E-state index contributed by atoms with van der Waals surface area (Å²) in [6.45, 7) is 2.38. The summed E-state index contributed by atoms with van der Waals surface area (Å²) >= 11 is 0. The zero-order chi connectivity index (χ0) is 20.8. The third-order valence-corrected chi connectivity index (χ3v) is 6.43. The van der Waals surface area contributed by atoms with Crippen molar-refractivity contribution in [2.75, 3.05) is 27.2 Å². The van der Waals surface area contributed by atoms with E-state index in [-0.39, 0.29) is 17.0 Å². The van der Waals surface area contributed by atoms with Gasteiger partial charge in [-0.15, -0.1) is 0 Å². The average Bonchev–Trinajstić information content (AvgIpc) is 2.92. The molecule has 4 rings (SSSR count). The summed E-state index contributed by atoms with van der Waals surface area (Å²) in [4.78, 5) is 0. The monoisotopic (exact) mass is 475 g/mol. The summed E-state index contributed by atoms with van der Waals surface area (Å²) in [5.41, 5.74) is 8.70. The molecule has 3 aromatic rings. The van der Waals surface area contributed by atoms with E-state index < -0.39 is 0 Å². The van der Waals surface area contributed by atoms with Crippen LogP contribution in [0.15, 0.2) is 84.9 Å². The van der Waals surface area contributed by atoms with Crippen LogP contribution in [0.4, 0.5) is 0 Å². The predicted molar refractivity (Wildman–Crippen MR) is 129 cm³/mol. The van der Waals surface area contributed by atoms with Crippen LogP contribution in [0.5, 0.6) is 0 Å². The Morgan fingerprint density at radius 1 is 0.710 bits per heavy atom.